The lowest BCUT2D eigenvalue weighted by atomic mass is 9.83. The molecular weight excluding hydrogens is 446 g/mol. The third kappa shape index (κ3) is 8.78. The van der Waals surface area contributed by atoms with Gasteiger partial charge in [-0.25, -0.2) is 4.79 Å². The van der Waals surface area contributed by atoms with Crippen LogP contribution in [0.2, 0.25) is 0 Å². The minimum Gasteiger partial charge on any atom is -0.487 e. The first-order valence-corrected chi connectivity index (χ1v) is 14.6. The van der Waals surface area contributed by atoms with Gasteiger partial charge in [0.25, 0.3) is 0 Å². The van der Waals surface area contributed by atoms with Crippen LogP contribution in [0.3, 0.4) is 0 Å². The molecule has 0 bridgehead atoms. The summed E-state index contributed by atoms with van der Waals surface area (Å²) in [5.41, 5.74) is 9.83. The van der Waals surface area contributed by atoms with Gasteiger partial charge < -0.3 is 15.2 Å². The molecule has 4 heteroatoms. The number of ether oxygens (including phenoxy) is 2. The van der Waals surface area contributed by atoms with E-state index in [1.54, 1.807) is 6.92 Å². The molecule has 4 nitrogen and oxygen atoms in total. The van der Waals surface area contributed by atoms with E-state index in [0.717, 1.165) is 59.5 Å². The first-order valence-electron chi connectivity index (χ1n) is 14.6. The van der Waals surface area contributed by atoms with Gasteiger partial charge in [0.1, 0.15) is 23.1 Å². The number of rotatable bonds is 14. The van der Waals surface area contributed by atoms with Gasteiger partial charge in [0.15, 0.2) is 0 Å². The average molecular weight is 502 g/mol. The van der Waals surface area contributed by atoms with Crippen molar-refractivity contribution in [2.75, 3.05) is 0 Å². The summed E-state index contributed by atoms with van der Waals surface area (Å²) in [6, 6.07) is -0.639. The lowest BCUT2D eigenvalue weighted by molar-refractivity contribution is -0.135. The fourth-order valence-electron chi connectivity index (χ4n) is 5.61. The number of benzene rings is 1. The molecule has 0 unspecified atom stereocenters. The monoisotopic (exact) mass is 501 g/mol. The van der Waals surface area contributed by atoms with Crippen molar-refractivity contribution in [3.8, 4) is 11.5 Å². The number of esters is 1. The Balaban J connectivity index is 1.86. The highest BCUT2D eigenvalue weighted by Crippen LogP contribution is 2.45. The number of hydrogen-bond donors (Lipinski definition) is 1. The van der Waals surface area contributed by atoms with Crippen molar-refractivity contribution in [2.45, 2.75) is 145 Å². The lowest BCUT2D eigenvalue weighted by Gasteiger charge is -2.38. The van der Waals surface area contributed by atoms with Gasteiger partial charge in [0.05, 0.1) is 0 Å². The van der Waals surface area contributed by atoms with E-state index in [1.165, 1.54) is 56.9 Å². The van der Waals surface area contributed by atoms with Crippen LogP contribution in [0.25, 0.3) is 0 Å². The third-order valence-corrected chi connectivity index (χ3v) is 8.41. The molecule has 0 saturated carbocycles. The predicted octanol–water partition coefficient (Wildman–Crippen LogP) is 8.39. The van der Waals surface area contributed by atoms with E-state index in [4.69, 9.17) is 15.2 Å². The van der Waals surface area contributed by atoms with Crippen molar-refractivity contribution < 1.29 is 14.3 Å². The van der Waals surface area contributed by atoms with Gasteiger partial charge in [-0.1, -0.05) is 72.6 Å². The van der Waals surface area contributed by atoms with E-state index in [1.807, 2.05) is 13.8 Å². The molecule has 2 rings (SSSR count). The van der Waals surface area contributed by atoms with Crippen molar-refractivity contribution in [2.24, 2.45) is 23.5 Å². The maximum absolute atomic E-state index is 12.2. The molecule has 0 radical (unpaired) electrons. The van der Waals surface area contributed by atoms with Crippen LogP contribution in [-0.2, 0) is 11.2 Å². The Labute approximate surface area is 222 Å². The van der Waals surface area contributed by atoms with E-state index in [2.05, 4.69) is 41.5 Å². The van der Waals surface area contributed by atoms with Gasteiger partial charge in [0.2, 0.25) is 0 Å². The molecule has 4 atom stereocenters. The first-order chi connectivity index (χ1) is 16.8. The third-order valence-electron chi connectivity index (χ3n) is 8.41. The number of carbonyl (C=O) groups is 1. The van der Waals surface area contributed by atoms with Gasteiger partial charge in [-0.05, 0) is 94.7 Å². The molecule has 0 spiro atoms. The lowest BCUT2D eigenvalue weighted by Crippen LogP contribution is -2.37. The summed E-state index contributed by atoms with van der Waals surface area (Å²) in [7, 11) is 0. The summed E-state index contributed by atoms with van der Waals surface area (Å²) in [6.07, 6.45) is 13.7. The van der Waals surface area contributed by atoms with Crippen molar-refractivity contribution in [1.82, 2.24) is 0 Å². The van der Waals surface area contributed by atoms with E-state index >= 15 is 0 Å². The minimum atomic E-state index is -0.639. The van der Waals surface area contributed by atoms with Crippen molar-refractivity contribution in [3.05, 3.63) is 22.3 Å². The van der Waals surface area contributed by atoms with Gasteiger partial charge >= 0.3 is 5.97 Å². The maximum Gasteiger partial charge on any atom is 0.328 e. The Morgan fingerprint density at radius 3 is 2.00 bits per heavy atom. The van der Waals surface area contributed by atoms with E-state index in [-0.39, 0.29) is 5.60 Å². The average Bonchev–Trinajstić information content (AvgIpc) is 2.79. The fourth-order valence-corrected chi connectivity index (χ4v) is 5.61. The second kappa shape index (κ2) is 13.8. The van der Waals surface area contributed by atoms with Crippen LogP contribution in [0.15, 0.2) is 0 Å². The van der Waals surface area contributed by atoms with Crippen LogP contribution in [0, 0.1) is 38.5 Å². The zero-order valence-electron chi connectivity index (χ0n) is 24.9. The Kier molecular flexibility index (Phi) is 11.8. The summed E-state index contributed by atoms with van der Waals surface area (Å²) >= 11 is 0. The number of carbonyl (C=O) groups excluding carboxylic acids is 1. The van der Waals surface area contributed by atoms with Gasteiger partial charge in [-0.15, -0.1) is 0 Å². The maximum atomic E-state index is 12.2. The van der Waals surface area contributed by atoms with Crippen LogP contribution < -0.4 is 15.2 Å². The molecule has 1 aliphatic rings. The van der Waals surface area contributed by atoms with Gasteiger partial charge in [-0.2, -0.15) is 0 Å². The highest BCUT2D eigenvalue weighted by atomic mass is 16.5. The second-order valence-corrected chi connectivity index (χ2v) is 12.6. The zero-order chi connectivity index (χ0) is 27.0. The smallest absolute Gasteiger partial charge is 0.328 e. The van der Waals surface area contributed by atoms with E-state index in [0.29, 0.717) is 5.75 Å². The standard InChI is InChI=1S/C32H55NO3/c1-21(2)13-10-14-22(3)15-11-16-23(4)17-12-19-32(9)20-18-28-26(7)29(35-31(34)27(8)33)24(5)25(6)30(28)36-32/h21-23,27H,10-20,33H2,1-9H3/t22-,23-,27+,32-/m1/s1. The molecule has 2 N–H and O–H groups in total. The van der Waals surface area contributed by atoms with Crippen LogP contribution >= 0.6 is 0 Å². The quantitative estimate of drug-likeness (QED) is 0.205. The predicted molar refractivity (Wildman–Crippen MR) is 152 cm³/mol. The number of hydrogen-bond acceptors (Lipinski definition) is 4. The molecule has 0 fully saturated rings. The van der Waals surface area contributed by atoms with Crippen molar-refractivity contribution in [1.29, 1.82) is 0 Å². The molecule has 0 amide bonds. The Morgan fingerprint density at radius 1 is 0.889 bits per heavy atom. The number of nitrogens with two attached hydrogens (primary N) is 1. The largest absolute Gasteiger partial charge is 0.487 e. The van der Waals surface area contributed by atoms with Crippen LogP contribution in [0.1, 0.15) is 128 Å². The molecule has 1 heterocycles. The molecule has 206 valence electrons. The Bertz CT molecular complexity index is 860. The minimum absolute atomic E-state index is 0.134. The van der Waals surface area contributed by atoms with E-state index in [9.17, 15) is 4.79 Å². The van der Waals surface area contributed by atoms with Crippen molar-refractivity contribution >= 4 is 5.97 Å². The molecule has 0 aromatic heterocycles. The molecular formula is C32H55NO3. The highest BCUT2D eigenvalue weighted by Gasteiger charge is 2.35. The van der Waals surface area contributed by atoms with Gasteiger partial charge in [-0.3, -0.25) is 0 Å². The van der Waals surface area contributed by atoms with Crippen LogP contribution in [-0.4, -0.2) is 17.6 Å². The molecule has 36 heavy (non-hydrogen) atoms. The van der Waals surface area contributed by atoms with Gasteiger partial charge in [0, 0.05) is 5.56 Å². The summed E-state index contributed by atoms with van der Waals surface area (Å²) < 4.78 is 12.4. The topological polar surface area (TPSA) is 61.5 Å². The van der Waals surface area contributed by atoms with Crippen LogP contribution in [0.4, 0.5) is 0 Å². The highest BCUT2D eigenvalue weighted by molar-refractivity contribution is 5.79. The van der Waals surface area contributed by atoms with Crippen molar-refractivity contribution in [3.63, 3.8) is 0 Å². The fraction of sp³-hybridized carbons (Fsp3) is 0.781. The summed E-state index contributed by atoms with van der Waals surface area (Å²) in [5.74, 6) is 3.74. The molecule has 1 aliphatic heterocycles. The summed E-state index contributed by atoms with van der Waals surface area (Å²) in [5, 5.41) is 0. The molecule has 1 aromatic rings. The zero-order valence-corrected chi connectivity index (χ0v) is 24.9. The van der Waals surface area contributed by atoms with Crippen LogP contribution in [0.5, 0.6) is 11.5 Å². The molecule has 0 aliphatic carbocycles. The number of fused-ring (bicyclic) bond motifs is 1. The van der Waals surface area contributed by atoms with E-state index < -0.39 is 12.0 Å². The first kappa shape index (κ1) is 30.7. The molecule has 1 aromatic carbocycles. The summed E-state index contributed by atoms with van der Waals surface area (Å²) in [6.45, 7) is 19.6. The Hall–Kier alpha value is -1.55. The normalized spacial score (nSPS) is 20.0. The Morgan fingerprint density at radius 2 is 1.44 bits per heavy atom. The molecule has 0 saturated heterocycles. The second-order valence-electron chi connectivity index (χ2n) is 12.6. The summed E-state index contributed by atoms with van der Waals surface area (Å²) in [4.78, 5) is 12.2. The SMILES string of the molecule is Cc1c(C)c2c(c(C)c1OC(=O)[C@H](C)N)CC[C@@](C)(CCC[C@H](C)CCC[C@H](C)CCCC(C)C)O2.